The molecular weight excluding hydrogens is 288 g/mol. The van der Waals surface area contributed by atoms with Crippen molar-refractivity contribution in [2.45, 2.75) is 91.6 Å². The predicted octanol–water partition coefficient (Wildman–Crippen LogP) is 4.87. The van der Waals surface area contributed by atoms with Gasteiger partial charge in [-0.3, -0.25) is 4.79 Å². The van der Waals surface area contributed by atoms with E-state index in [9.17, 15) is 9.90 Å². The molecule has 2 aliphatic rings. The highest BCUT2D eigenvalue weighted by molar-refractivity contribution is 5.66. The van der Waals surface area contributed by atoms with Crippen molar-refractivity contribution in [3.63, 3.8) is 0 Å². The molecule has 2 fully saturated rings. The van der Waals surface area contributed by atoms with Crippen molar-refractivity contribution in [2.75, 3.05) is 0 Å². The average molecular weight is 325 g/mol. The Balaban J connectivity index is 2.17. The highest BCUT2D eigenvalue weighted by Gasteiger charge is 2.57. The third-order valence-corrected chi connectivity index (χ3v) is 7.23. The lowest BCUT2D eigenvalue weighted by atomic mass is 9.45. The Morgan fingerprint density at radius 2 is 1.83 bits per heavy atom. The zero-order chi connectivity index (χ0) is 17.5. The minimum atomic E-state index is -0.712. The SMILES string of the molecule is C[C@@H](CC[C@@H]1[C@@]2(C)CCCC(C)(C)[C@H]2CC[C@@]1(C)O)CC(=O)O. The number of aliphatic carboxylic acids is 1. The highest BCUT2D eigenvalue weighted by Crippen LogP contribution is 2.63. The summed E-state index contributed by atoms with van der Waals surface area (Å²) in [6, 6.07) is 0. The molecule has 0 unspecified atom stereocenters. The number of aliphatic hydroxyl groups is 1. The second kappa shape index (κ2) is 6.38. The smallest absolute Gasteiger partial charge is 0.303 e. The molecule has 2 aliphatic carbocycles. The summed E-state index contributed by atoms with van der Waals surface area (Å²) in [6.45, 7) is 11.2. The van der Waals surface area contributed by atoms with Crippen LogP contribution in [0.1, 0.15) is 86.0 Å². The topological polar surface area (TPSA) is 57.5 Å². The van der Waals surface area contributed by atoms with E-state index >= 15 is 0 Å². The molecule has 0 aromatic carbocycles. The van der Waals surface area contributed by atoms with Gasteiger partial charge in [0.15, 0.2) is 0 Å². The average Bonchev–Trinajstić information content (AvgIpc) is 2.34. The zero-order valence-electron chi connectivity index (χ0n) is 15.7. The summed E-state index contributed by atoms with van der Waals surface area (Å²) in [4.78, 5) is 10.9. The third kappa shape index (κ3) is 3.75. The van der Waals surface area contributed by atoms with Gasteiger partial charge in [0.2, 0.25) is 0 Å². The Bertz CT molecular complexity index is 440. The van der Waals surface area contributed by atoms with Crippen LogP contribution in [0.25, 0.3) is 0 Å². The fraction of sp³-hybridized carbons (Fsp3) is 0.950. The zero-order valence-corrected chi connectivity index (χ0v) is 15.7. The van der Waals surface area contributed by atoms with Crippen LogP contribution in [0.3, 0.4) is 0 Å². The Morgan fingerprint density at radius 1 is 1.17 bits per heavy atom. The summed E-state index contributed by atoms with van der Waals surface area (Å²) >= 11 is 0. The summed E-state index contributed by atoms with van der Waals surface area (Å²) < 4.78 is 0. The van der Waals surface area contributed by atoms with E-state index in [0.29, 0.717) is 11.3 Å². The molecule has 23 heavy (non-hydrogen) atoms. The van der Waals surface area contributed by atoms with E-state index in [2.05, 4.69) is 20.8 Å². The molecule has 134 valence electrons. The van der Waals surface area contributed by atoms with Gasteiger partial charge in [0.25, 0.3) is 0 Å². The molecule has 0 radical (unpaired) electrons. The molecule has 3 nitrogen and oxygen atoms in total. The van der Waals surface area contributed by atoms with Crippen LogP contribution in [0, 0.1) is 28.6 Å². The maximum absolute atomic E-state index is 11.1. The highest BCUT2D eigenvalue weighted by atomic mass is 16.4. The van der Waals surface area contributed by atoms with Gasteiger partial charge in [0.1, 0.15) is 0 Å². The van der Waals surface area contributed by atoms with Crippen molar-refractivity contribution in [2.24, 2.45) is 28.6 Å². The van der Waals surface area contributed by atoms with E-state index < -0.39 is 11.6 Å². The maximum Gasteiger partial charge on any atom is 0.303 e. The van der Waals surface area contributed by atoms with Gasteiger partial charge in [0, 0.05) is 6.42 Å². The molecule has 0 aliphatic heterocycles. The van der Waals surface area contributed by atoms with Crippen LogP contribution in [0.15, 0.2) is 0 Å². The molecule has 2 N–H and O–H groups in total. The largest absolute Gasteiger partial charge is 0.481 e. The van der Waals surface area contributed by atoms with Gasteiger partial charge in [-0.2, -0.15) is 0 Å². The predicted molar refractivity (Wildman–Crippen MR) is 93.2 cm³/mol. The van der Waals surface area contributed by atoms with Crippen LogP contribution in [-0.2, 0) is 4.79 Å². The molecule has 2 saturated carbocycles. The first kappa shape index (κ1) is 18.8. The molecule has 0 spiro atoms. The Kier molecular flexibility index (Phi) is 5.21. The number of rotatable bonds is 5. The van der Waals surface area contributed by atoms with Gasteiger partial charge < -0.3 is 10.2 Å². The molecule has 5 atom stereocenters. The van der Waals surface area contributed by atoms with Crippen LogP contribution in [-0.4, -0.2) is 21.8 Å². The van der Waals surface area contributed by atoms with Gasteiger partial charge in [-0.05, 0) is 74.0 Å². The summed E-state index contributed by atoms with van der Waals surface area (Å²) in [6.07, 6.45) is 7.83. The Hall–Kier alpha value is -0.570. The van der Waals surface area contributed by atoms with E-state index in [0.717, 1.165) is 25.7 Å². The third-order valence-electron chi connectivity index (χ3n) is 7.23. The normalized spacial score (nSPS) is 41.1. The number of carboxylic acids is 1. The van der Waals surface area contributed by atoms with Gasteiger partial charge in [-0.25, -0.2) is 0 Å². The minimum absolute atomic E-state index is 0.184. The fourth-order valence-corrected chi connectivity index (χ4v) is 6.12. The Morgan fingerprint density at radius 3 is 2.43 bits per heavy atom. The van der Waals surface area contributed by atoms with Gasteiger partial charge in [-0.15, -0.1) is 0 Å². The summed E-state index contributed by atoms with van der Waals surface area (Å²) in [5.41, 5.74) is -0.0670. The minimum Gasteiger partial charge on any atom is -0.481 e. The molecule has 0 amide bonds. The maximum atomic E-state index is 11.1. The van der Waals surface area contributed by atoms with Crippen LogP contribution in [0.2, 0.25) is 0 Å². The van der Waals surface area contributed by atoms with Crippen LogP contribution in [0.4, 0.5) is 0 Å². The monoisotopic (exact) mass is 324 g/mol. The molecule has 0 aromatic rings. The second-order valence-electron chi connectivity index (χ2n) is 9.63. The molecule has 0 heterocycles. The molecule has 0 bridgehead atoms. The molecular formula is C20H36O3. The summed E-state index contributed by atoms with van der Waals surface area (Å²) in [7, 11) is 0. The number of hydrogen-bond acceptors (Lipinski definition) is 2. The number of carbonyl (C=O) groups is 1. The van der Waals surface area contributed by atoms with Crippen molar-refractivity contribution in [1.29, 1.82) is 0 Å². The first-order valence-electron chi connectivity index (χ1n) is 9.43. The lowest BCUT2D eigenvalue weighted by molar-refractivity contribution is -0.170. The number of fused-ring (bicyclic) bond motifs is 1. The lowest BCUT2D eigenvalue weighted by Gasteiger charge is -2.61. The molecule has 0 saturated heterocycles. The van der Waals surface area contributed by atoms with Crippen LogP contribution >= 0.6 is 0 Å². The quantitative estimate of drug-likeness (QED) is 0.758. The van der Waals surface area contributed by atoms with E-state index in [4.69, 9.17) is 5.11 Å². The molecule has 2 rings (SSSR count). The van der Waals surface area contributed by atoms with E-state index in [1.807, 2.05) is 13.8 Å². The summed E-state index contributed by atoms with van der Waals surface area (Å²) in [5.74, 6) is 0.424. The second-order valence-corrected chi connectivity index (χ2v) is 9.63. The van der Waals surface area contributed by atoms with Crippen molar-refractivity contribution in [1.82, 2.24) is 0 Å². The van der Waals surface area contributed by atoms with Crippen LogP contribution < -0.4 is 0 Å². The van der Waals surface area contributed by atoms with Crippen molar-refractivity contribution in [3.05, 3.63) is 0 Å². The summed E-state index contributed by atoms with van der Waals surface area (Å²) in [5, 5.41) is 20.1. The first-order chi connectivity index (χ1) is 10.5. The van der Waals surface area contributed by atoms with Crippen LogP contribution in [0.5, 0.6) is 0 Å². The lowest BCUT2D eigenvalue weighted by Crippen LogP contribution is -2.57. The van der Waals surface area contributed by atoms with E-state index in [-0.39, 0.29) is 23.7 Å². The van der Waals surface area contributed by atoms with E-state index in [1.165, 1.54) is 19.3 Å². The standard InChI is InChI=1S/C20H36O3/c1-14(13-17(21)22)7-8-16-19(4)11-6-10-18(2,3)15(19)9-12-20(16,5)23/h14-16,23H,6-13H2,1-5H3,(H,21,22)/t14-,15+,16+,19-,20+/m0/s1. The molecule has 0 aromatic heterocycles. The van der Waals surface area contributed by atoms with Crippen molar-refractivity contribution in [3.8, 4) is 0 Å². The Labute approximate surface area is 141 Å². The van der Waals surface area contributed by atoms with Gasteiger partial charge in [0.05, 0.1) is 5.60 Å². The fourth-order valence-electron chi connectivity index (χ4n) is 6.12. The van der Waals surface area contributed by atoms with Gasteiger partial charge >= 0.3 is 5.97 Å². The van der Waals surface area contributed by atoms with Gasteiger partial charge in [-0.1, -0.05) is 34.1 Å². The number of carboxylic acid groups (broad SMARTS) is 1. The number of hydrogen-bond donors (Lipinski definition) is 2. The van der Waals surface area contributed by atoms with Crippen molar-refractivity contribution < 1.29 is 15.0 Å². The first-order valence-corrected chi connectivity index (χ1v) is 9.43. The van der Waals surface area contributed by atoms with E-state index in [1.54, 1.807) is 0 Å². The van der Waals surface area contributed by atoms with Crippen molar-refractivity contribution >= 4 is 5.97 Å². The molecule has 3 heteroatoms.